The zero-order valence-electron chi connectivity index (χ0n) is 16.2. The Kier molecular flexibility index (Phi) is 6.66. The van der Waals surface area contributed by atoms with Gasteiger partial charge in [-0.1, -0.05) is 18.2 Å². The number of aryl methyl sites for hydroxylation is 2. The molecule has 150 valence electrons. The van der Waals surface area contributed by atoms with Gasteiger partial charge in [-0.2, -0.15) is 0 Å². The molecule has 0 bridgehead atoms. The monoisotopic (exact) mass is 411 g/mol. The van der Waals surface area contributed by atoms with Crippen LogP contribution in [0.5, 0.6) is 0 Å². The summed E-state index contributed by atoms with van der Waals surface area (Å²) in [5.74, 6) is -0.484. The first kappa shape index (κ1) is 20.6. The van der Waals surface area contributed by atoms with Crippen LogP contribution < -0.4 is 10.9 Å². The lowest BCUT2D eigenvalue weighted by Gasteiger charge is -2.08. The Morgan fingerprint density at radius 3 is 2.69 bits per heavy atom. The number of carbonyl (C=O) groups excluding carboxylic acids is 2. The number of nitrogens with one attached hydrogen (secondary N) is 1. The van der Waals surface area contributed by atoms with Gasteiger partial charge < -0.3 is 10.1 Å². The summed E-state index contributed by atoms with van der Waals surface area (Å²) >= 11 is 1.16. The Balaban J connectivity index is 1.46. The van der Waals surface area contributed by atoms with Crippen LogP contribution >= 0.6 is 11.8 Å². The Morgan fingerprint density at radius 2 is 1.90 bits per heavy atom. The van der Waals surface area contributed by atoms with E-state index in [0.717, 1.165) is 28.7 Å². The van der Waals surface area contributed by atoms with Crippen LogP contribution in [0.2, 0.25) is 0 Å². The lowest BCUT2D eigenvalue weighted by molar-refractivity contribution is -0.141. The average Bonchev–Trinajstić information content (AvgIpc) is 2.66. The molecule has 1 amide bonds. The molecule has 29 heavy (non-hydrogen) atoms. The van der Waals surface area contributed by atoms with Gasteiger partial charge in [0.15, 0.2) is 0 Å². The topological polar surface area (TPSA) is 89.8 Å². The molecule has 0 saturated carbocycles. The number of esters is 1. The van der Waals surface area contributed by atoms with Crippen molar-refractivity contribution in [3.8, 4) is 0 Å². The average molecular weight is 411 g/mol. The summed E-state index contributed by atoms with van der Waals surface area (Å²) in [7, 11) is 0. The number of thioether (sulfide) groups is 1. The maximum atomic E-state index is 12.2. The summed E-state index contributed by atoms with van der Waals surface area (Å²) in [5.41, 5.74) is 3.23. The first-order valence-electron chi connectivity index (χ1n) is 9.00. The smallest absolute Gasteiger partial charge is 0.316 e. The third kappa shape index (κ3) is 5.68. The van der Waals surface area contributed by atoms with Crippen molar-refractivity contribution in [3.63, 3.8) is 0 Å². The Bertz CT molecular complexity index is 1110. The minimum atomic E-state index is -0.468. The predicted molar refractivity (Wildman–Crippen MR) is 113 cm³/mol. The van der Waals surface area contributed by atoms with Crippen molar-refractivity contribution in [3.05, 3.63) is 75.8 Å². The first-order valence-corrected chi connectivity index (χ1v) is 10.2. The van der Waals surface area contributed by atoms with E-state index in [1.165, 1.54) is 10.5 Å². The van der Waals surface area contributed by atoms with Crippen molar-refractivity contribution in [2.24, 2.45) is 0 Å². The second-order valence-electron chi connectivity index (χ2n) is 6.52. The van der Waals surface area contributed by atoms with E-state index >= 15 is 0 Å². The normalized spacial score (nSPS) is 10.7. The molecule has 1 N–H and O–H groups in total. The van der Waals surface area contributed by atoms with Crippen molar-refractivity contribution in [1.82, 2.24) is 9.38 Å². The summed E-state index contributed by atoms with van der Waals surface area (Å²) in [4.78, 5) is 40.4. The number of anilines is 1. The van der Waals surface area contributed by atoms with Crippen molar-refractivity contribution >= 4 is 35.0 Å². The Hall–Kier alpha value is -3.13. The third-order valence-electron chi connectivity index (χ3n) is 4.07. The number of amides is 1. The SMILES string of the molecule is Cc1cccc(NC(=O)CSCC(=O)OCc2cc(=O)n3c(C)cccc3n2)c1. The molecule has 7 nitrogen and oxygen atoms in total. The number of fused-ring (bicyclic) bond motifs is 1. The van der Waals surface area contributed by atoms with Gasteiger partial charge in [-0.25, -0.2) is 4.98 Å². The van der Waals surface area contributed by atoms with E-state index in [1.807, 2.05) is 50.2 Å². The minimum absolute atomic E-state index is 0.0346. The molecule has 3 rings (SSSR count). The third-order valence-corrected chi connectivity index (χ3v) is 4.98. The van der Waals surface area contributed by atoms with Crippen LogP contribution in [0.25, 0.3) is 5.65 Å². The number of carbonyl (C=O) groups is 2. The molecule has 0 aliphatic heterocycles. The standard InChI is InChI=1S/C21H21N3O4S/c1-14-5-3-7-16(9-14)23-19(25)12-29-13-21(27)28-11-17-10-20(26)24-15(2)6-4-8-18(24)22-17/h3-10H,11-13H2,1-2H3,(H,23,25). The lowest BCUT2D eigenvalue weighted by Crippen LogP contribution is -2.19. The number of ether oxygens (including phenoxy) is 1. The van der Waals surface area contributed by atoms with E-state index in [1.54, 1.807) is 6.07 Å². The highest BCUT2D eigenvalue weighted by Crippen LogP contribution is 2.11. The van der Waals surface area contributed by atoms with Crippen molar-refractivity contribution in [2.75, 3.05) is 16.8 Å². The molecule has 2 heterocycles. The number of aromatic nitrogens is 2. The number of hydrogen-bond donors (Lipinski definition) is 1. The van der Waals surface area contributed by atoms with Gasteiger partial charge >= 0.3 is 5.97 Å². The summed E-state index contributed by atoms with van der Waals surface area (Å²) in [5, 5.41) is 2.78. The Labute approximate surface area is 172 Å². The van der Waals surface area contributed by atoms with Crippen LogP contribution in [0, 0.1) is 13.8 Å². The summed E-state index contributed by atoms with van der Waals surface area (Å²) in [6, 6.07) is 14.2. The van der Waals surface area contributed by atoms with Crippen LogP contribution in [-0.2, 0) is 20.9 Å². The maximum Gasteiger partial charge on any atom is 0.316 e. The summed E-state index contributed by atoms with van der Waals surface area (Å²) in [6.45, 7) is 3.68. The van der Waals surface area contributed by atoms with E-state index < -0.39 is 5.97 Å². The molecule has 2 aromatic heterocycles. The van der Waals surface area contributed by atoms with E-state index in [0.29, 0.717) is 11.3 Å². The summed E-state index contributed by atoms with van der Waals surface area (Å²) in [6.07, 6.45) is 0. The van der Waals surface area contributed by atoms with Crippen LogP contribution in [0.15, 0.2) is 53.3 Å². The second-order valence-corrected chi connectivity index (χ2v) is 7.50. The number of nitrogens with zero attached hydrogens (tertiary/aromatic N) is 2. The number of pyridine rings is 1. The molecule has 0 atom stereocenters. The number of benzene rings is 1. The van der Waals surface area contributed by atoms with Gasteiger partial charge in [0.25, 0.3) is 5.56 Å². The molecule has 0 spiro atoms. The fourth-order valence-corrected chi connectivity index (χ4v) is 3.39. The zero-order valence-corrected chi connectivity index (χ0v) is 17.0. The predicted octanol–water partition coefficient (Wildman–Crippen LogP) is 2.73. The number of rotatable bonds is 7. The van der Waals surface area contributed by atoms with Gasteiger partial charge in [-0.3, -0.25) is 18.8 Å². The van der Waals surface area contributed by atoms with Gasteiger partial charge in [-0.15, -0.1) is 11.8 Å². The van der Waals surface area contributed by atoms with Gasteiger partial charge in [0.1, 0.15) is 12.3 Å². The Morgan fingerprint density at radius 1 is 1.10 bits per heavy atom. The molecule has 1 aromatic carbocycles. The molecular formula is C21H21N3O4S. The lowest BCUT2D eigenvalue weighted by atomic mass is 10.2. The van der Waals surface area contributed by atoms with E-state index in [9.17, 15) is 14.4 Å². The van der Waals surface area contributed by atoms with Crippen molar-refractivity contribution in [2.45, 2.75) is 20.5 Å². The fraction of sp³-hybridized carbons (Fsp3) is 0.238. The van der Waals surface area contributed by atoms with Gasteiger partial charge in [0.2, 0.25) is 5.91 Å². The highest BCUT2D eigenvalue weighted by molar-refractivity contribution is 8.00. The highest BCUT2D eigenvalue weighted by Gasteiger charge is 2.10. The minimum Gasteiger partial charge on any atom is -0.459 e. The van der Waals surface area contributed by atoms with Crippen LogP contribution in [-0.4, -0.2) is 32.8 Å². The van der Waals surface area contributed by atoms with E-state index in [2.05, 4.69) is 10.3 Å². The van der Waals surface area contributed by atoms with Gasteiger partial charge in [-0.05, 0) is 43.7 Å². The van der Waals surface area contributed by atoms with E-state index in [4.69, 9.17) is 4.74 Å². The maximum absolute atomic E-state index is 12.2. The molecule has 0 aliphatic carbocycles. The summed E-state index contributed by atoms with van der Waals surface area (Å²) < 4.78 is 6.67. The molecular weight excluding hydrogens is 390 g/mol. The molecule has 3 aromatic rings. The van der Waals surface area contributed by atoms with Crippen molar-refractivity contribution < 1.29 is 14.3 Å². The largest absolute Gasteiger partial charge is 0.459 e. The van der Waals surface area contributed by atoms with Crippen LogP contribution in [0.4, 0.5) is 5.69 Å². The van der Waals surface area contributed by atoms with Crippen LogP contribution in [0.1, 0.15) is 17.0 Å². The quantitative estimate of drug-likeness (QED) is 0.602. The molecule has 0 aliphatic rings. The second kappa shape index (κ2) is 9.38. The molecule has 0 radical (unpaired) electrons. The van der Waals surface area contributed by atoms with Gasteiger partial charge in [0, 0.05) is 17.4 Å². The molecule has 0 fully saturated rings. The molecule has 0 unspecified atom stereocenters. The first-order chi connectivity index (χ1) is 13.9. The fourth-order valence-electron chi connectivity index (χ4n) is 2.78. The zero-order chi connectivity index (χ0) is 20.8. The van der Waals surface area contributed by atoms with Gasteiger partial charge in [0.05, 0.1) is 17.2 Å². The highest BCUT2D eigenvalue weighted by atomic mass is 32.2. The van der Waals surface area contributed by atoms with Crippen molar-refractivity contribution in [1.29, 1.82) is 0 Å². The number of hydrogen-bond acceptors (Lipinski definition) is 6. The van der Waals surface area contributed by atoms with Crippen LogP contribution in [0.3, 0.4) is 0 Å². The molecule has 8 heteroatoms. The van der Waals surface area contributed by atoms with E-state index in [-0.39, 0.29) is 29.6 Å². The molecule has 0 saturated heterocycles.